The molecule has 0 bridgehead atoms. The van der Waals surface area contributed by atoms with Crippen molar-refractivity contribution in [3.05, 3.63) is 51.5 Å². The summed E-state index contributed by atoms with van der Waals surface area (Å²) in [5.74, 6) is -0.485. The lowest BCUT2D eigenvalue weighted by Gasteiger charge is -2.19. The van der Waals surface area contributed by atoms with Crippen molar-refractivity contribution in [3.63, 3.8) is 0 Å². The molecule has 0 amide bonds. The number of aromatic nitrogens is 1. The first-order chi connectivity index (χ1) is 11.3. The van der Waals surface area contributed by atoms with Crippen molar-refractivity contribution in [2.45, 2.75) is 20.0 Å². The molecule has 0 saturated carbocycles. The van der Waals surface area contributed by atoms with Crippen molar-refractivity contribution in [3.8, 4) is 5.75 Å². The molecule has 0 radical (unpaired) electrons. The van der Waals surface area contributed by atoms with Crippen LogP contribution < -0.4 is 9.82 Å². The van der Waals surface area contributed by atoms with Gasteiger partial charge in [0.2, 0.25) is 0 Å². The van der Waals surface area contributed by atoms with E-state index in [0.29, 0.717) is 38.9 Å². The first-order valence-corrected chi connectivity index (χ1v) is 11.7. The van der Waals surface area contributed by atoms with Crippen LogP contribution in [-0.2, 0) is 0 Å². The van der Waals surface area contributed by atoms with E-state index in [1.54, 1.807) is 13.8 Å². The summed E-state index contributed by atoms with van der Waals surface area (Å²) in [5, 5.41) is 11.6. The number of ether oxygens (including phenoxy) is 1. The van der Waals surface area contributed by atoms with Crippen LogP contribution in [0.25, 0.3) is 0 Å². The topological polar surface area (TPSA) is 58.0 Å². The van der Waals surface area contributed by atoms with Crippen molar-refractivity contribution in [1.82, 2.24) is 4.98 Å². The Morgan fingerprint density at radius 3 is 2.54 bits per heavy atom. The molecule has 0 spiro atoms. The van der Waals surface area contributed by atoms with Gasteiger partial charge in [-0.15, -0.1) is 0 Å². The zero-order valence-electron chi connectivity index (χ0n) is 12.8. The number of hydrogen-bond donors (Lipinski definition) is 2. The van der Waals surface area contributed by atoms with Crippen LogP contribution in [0.1, 0.15) is 31.1 Å². The quantitative estimate of drug-likeness (QED) is 0.274. The second-order valence-corrected chi connectivity index (χ2v) is 7.82. The molecule has 1 aromatic heterocycles. The lowest BCUT2D eigenvalue weighted by atomic mass is 10.1. The van der Waals surface area contributed by atoms with Crippen molar-refractivity contribution in [2.75, 3.05) is 5.09 Å². The molecule has 2 rings (SSSR count). The number of hydrogen-bond acceptors (Lipinski definition) is 4. The molecule has 0 fully saturated rings. The van der Waals surface area contributed by atoms with Crippen LogP contribution in [0.3, 0.4) is 0 Å². The summed E-state index contributed by atoms with van der Waals surface area (Å²) in [6.07, 6.45) is 2.70. The zero-order valence-corrected chi connectivity index (χ0v) is 17.4. The summed E-state index contributed by atoms with van der Waals surface area (Å²) in [6.45, 7) is 3.36. The Kier molecular flexibility index (Phi) is 7.04. The van der Waals surface area contributed by atoms with E-state index >= 15 is 0 Å². The molecule has 0 aliphatic carbocycles. The maximum Gasteiger partial charge on any atom is 0.167 e. The van der Waals surface area contributed by atoms with Gasteiger partial charge < -0.3 is 15.2 Å². The largest absolute Gasteiger partial charge is 0.483 e. The monoisotopic (exact) mass is 499 g/mol. The summed E-state index contributed by atoms with van der Waals surface area (Å²) >= 11 is 14.4. The third-order valence-corrected chi connectivity index (χ3v) is 5.03. The zero-order chi connectivity index (χ0) is 17.9. The van der Waals surface area contributed by atoms with Gasteiger partial charge in [0.05, 0.1) is 10.0 Å². The molecule has 0 aliphatic rings. The highest BCUT2D eigenvalue weighted by Gasteiger charge is 2.19. The second-order valence-electron chi connectivity index (χ2n) is 4.95. The van der Waals surface area contributed by atoms with Crippen LogP contribution in [0, 0.1) is 11.2 Å². The summed E-state index contributed by atoms with van der Waals surface area (Å²) in [5.41, 5.74) is 1.99. The Hall–Kier alpha value is -0.690. The molecule has 2 N–H and O–H groups in total. The van der Waals surface area contributed by atoms with E-state index in [9.17, 15) is 4.39 Å². The van der Waals surface area contributed by atoms with E-state index in [-0.39, 0.29) is 5.75 Å². The van der Waals surface area contributed by atoms with E-state index in [4.69, 9.17) is 33.3 Å². The minimum Gasteiger partial charge on any atom is -0.483 e. The first-order valence-electron chi connectivity index (χ1n) is 6.81. The summed E-state index contributed by atoms with van der Waals surface area (Å²) in [6, 6.07) is 2.84. The Balaban J connectivity index is 2.39. The average Bonchev–Trinajstić information content (AvgIpc) is 2.49. The van der Waals surface area contributed by atoms with Gasteiger partial charge >= 0.3 is 0 Å². The molecule has 24 heavy (non-hydrogen) atoms. The van der Waals surface area contributed by atoms with Gasteiger partial charge in [-0.25, -0.2) is 4.39 Å². The van der Waals surface area contributed by atoms with Gasteiger partial charge in [-0.05, 0) is 42.0 Å². The maximum absolute atomic E-state index is 14.4. The fourth-order valence-electron chi connectivity index (χ4n) is 2.17. The van der Waals surface area contributed by atoms with Gasteiger partial charge in [0, 0.05) is 47.4 Å². The molecule has 9 heteroatoms. The fraction of sp³-hybridized carbons (Fsp3) is 0.200. The van der Waals surface area contributed by atoms with Crippen LogP contribution >= 0.6 is 51.6 Å². The molecule has 2 aromatic rings. The van der Waals surface area contributed by atoms with Crippen LogP contribution in [0.4, 0.5) is 10.1 Å². The van der Waals surface area contributed by atoms with Crippen LogP contribution in [-0.4, -0.2) is 10.7 Å². The van der Waals surface area contributed by atoms with Gasteiger partial charge in [0.25, 0.3) is 0 Å². The number of anilines is 1. The molecule has 0 saturated heterocycles. The smallest absolute Gasteiger partial charge is 0.167 e. The van der Waals surface area contributed by atoms with Gasteiger partial charge in [0.15, 0.2) is 11.6 Å². The van der Waals surface area contributed by atoms with Gasteiger partial charge in [-0.2, -0.15) is 0 Å². The first kappa shape index (κ1) is 19.6. The Morgan fingerprint density at radius 2 is 2.00 bits per heavy atom. The highest BCUT2D eigenvalue weighted by molar-refractivity contribution is 14.2. The molecule has 4 nitrogen and oxygen atoms in total. The normalized spacial score (nSPS) is 12.4. The highest BCUT2D eigenvalue weighted by Crippen LogP contribution is 2.36. The summed E-state index contributed by atoms with van der Waals surface area (Å²) < 4.78 is 20.1. The standard InChI is InChI=1S/C15H14Cl2FIN3OP/c1-7(20)9-3-14(12(18)4-13(9)22-24-19)23-8(2)15-10(16)5-21-6-11(15)17/h3-6,8,20,22,24H,1-2H3/t8-/m1/s1. The van der Waals surface area contributed by atoms with Gasteiger partial charge in [0.1, 0.15) is 6.10 Å². The van der Waals surface area contributed by atoms with E-state index in [1.807, 2.05) is 0 Å². The Labute approximate surface area is 164 Å². The van der Waals surface area contributed by atoms with E-state index < -0.39 is 11.9 Å². The molecule has 1 heterocycles. The molecule has 2 atom stereocenters. The summed E-state index contributed by atoms with van der Waals surface area (Å²) in [4.78, 5) is 3.89. The molecule has 0 aliphatic heterocycles. The summed E-state index contributed by atoms with van der Waals surface area (Å²) in [7, 11) is 0. The second kappa shape index (κ2) is 8.61. The lowest BCUT2D eigenvalue weighted by Crippen LogP contribution is -2.08. The van der Waals surface area contributed by atoms with E-state index in [0.717, 1.165) is 0 Å². The number of pyridine rings is 1. The van der Waals surface area contributed by atoms with Crippen molar-refractivity contribution < 1.29 is 9.13 Å². The third kappa shape index (κ3) is 4.48. The number of rotatable bonds is 6. The van der Waals surface area contributed by atoms with Gasteiger partial charge in [-0.1, -0.05) is 23.2 Å². The highest BCUT2D eigenvalue weighted by atomic mass is 127. The molecule has 1 aromatic carbocycles. The minimum absolute atomic E-state index is 0.0374. The van der Waals surface area contributed by atoms with Crippen LogP contribution in [0.5, 0.6) is 5.75 Å². The molecular formula is C15H14Cl2FIN3OP. The number of nitrogens with one attached hydrogen (secondary N) is 2. The van der Waals surface area contributed by atoms with E-state index in [1.165, 1.54) is 24.5 Å². The number of nitrogens with zero attached hydrogens (tertiary/aromatic N) is 1. The average molecular weight is 500 g/mol. The predicted octanol–water partition coefficient (Wildman–Crippen LogP) is 6.41. The third-order valence-electron chi connectivity index (χ3n) is 3.26. The fourth-order valence-corrected chi connectivity index (χ4v) is 4.02. The maximum atomic E-state index is 14.4. The SMILES string of the molecule is CC(=N)c1cc(O[C@H](C)c2c(Cl)cncc2Cl)c(F)cc1NPI. The van der Waals surface area contributed by atoms with Crippen molar-refractivity contribution in [2.24, 2.45) is 0 Å². The predicted molar refractivity (Wildman–Crippen MR) is 108 cm³/mol. The van der Waals surface area contributed by atoms with Crippen molar-refractivity contribution in [1.29, 1.82) is 5.41 Å². The lowest BCUT2D eigenvalue weighted by molar-refractivity contribution is 0.216. The molecular weight excluding hydrogens is 486 g/mol. The minimum atomic E-state index is -0.577. The Morgan fingerprint density at radius 1 is 1.38 bits per heavy atom. The number of halogens is 4. The van der Waals surface area contributed by atoms with Crippen molar-refractivity contribution >= 4 is 63.0 Å². The van der Waals surface area contributed by atoms with E-state index in [2.05, 4.69) is 32.1 Å². The number of benzene rings is 1. The molecule has 1 unspecified atom stereocenters. The van der Waals surface area contributed by atoms with Gasteiger partial charge in [-0.3, -0.25) is 4.98 Å². The van der Waals surface area contributed by atoms with Crippen LogP contribution in [0.15, 0.2) is 24.5 Å². The van der Waals surface area contributed by atoms with Crippen LogP contribution in [0.2, 0.25) is 10.0 Å². The Bertz CT molecular complexity index is 758. The molecule has 128 valence electrons.